The first kappa shape index (κ1) is 30.4. The molecule has 0 amide bonds. The summed E-state index contributed by atoms with van der Waals surface area (Å²) in [4.78, 5) is 11.6. The van der Waals surface area contributed by atoms with E-state index in [-0.39, 0.29) is 24.6 Å². The molecule has 0 aromatic rings. The molecule has 0 bridgehead atoms. The predicted octanol–water partition coefficient (Wildman–Crippen LogP) is 3.68. The lowest BCUT2D eigenvalue weighted by Crippen LogP contribution is -3.00. The van der Waals surface area contributed by atoms with Crippen LogP contribution in [0.4, 0.5) is 0 Å². The lowest BCUT2D eigenvalue weighted by atomic mass is 9.76. The van der Waals surface area contributed by atoms with Crippen molar-refractivity contribution in [3.8, 4) is 0 Å². The van der Waals surface area contributed by atoms with Crippen LogP contribution in [0.25, 0.3) is 0 Å². The Morgan fingerprint density at radius 3 is 1.58 bits per heavy atom. The van der Waals surface area contributed by atoms with Crippen LogP contribution in [-0.2, 0) is 4.79 Å². The minimum Gasteiger partial charge on any atom is -1.00 e. The molecule has 7 N–H and O–H groups in total. The molecule has 0 aliphatic carbocycles. The van der Waals surface area contributed by atoms with Gasteiger partial charge >= 0.3 is 5.97 Å². The molecule has 5 heteroatoms. The quantitative estimate of drug-likeness (QED) is 0.328. The number of carbonyl (C=O) groups is 1. The van der Waals surface area contributed by atoms with Gasteiger partial charge in [0.2, 0.25) is 0 Å². The fourth-order valence-corrected chi connectivity index (χ4v) is 3.41. The van der Waals surface area contributed by atoms with Gasteiger partial charge in [-0.1, -0.05) is 97.3 Å². The van der Waals surface area contributed by atoms with Gasteiger partial charge in [0.05, 0.1) is 5.41 Å². The second-order valence-electron chi connectivity index (χ2n) is 7.76. The van der Waals surface area contributed by atoms with Crippen LogP contribution in [-0.4, -0.2) is 17.1 Å². The van der Waals surface area contributed by atoms with Crippen LogP contribution in [0.1, 0.15) is 117 Å². The molecule has 0 heterocycles. The summed E-state index contributed by atoms with van der Waals surface area (Å²) in [7, 11) is 0. The van der Waals surface area contributed by atoms with Crippen molar-refractivity contribution in [2.45, 2.75) is 123 Å². The molecule has 160 valence electrons. The summed E-state index contributed by atoms with van der Waals surface area (Å²) in [6, 6.07) is -0.229. The predicted molar refractivity (Wildman–Crippen MR) is 110 cm³/mol. The standard InChI is InChI=1S/C21H43NO2.ClH.H3N/c1-4-6-7-8-9-10-11-12-13-14-15-16-18-21(3,20(23)24)19(22)17-5-2;;/h19H,4-18,22H2,1-3H3,(H,23,24);1H;1H3. The van der Waals surface area contributed by atoms with Gasteiger partial charge in [0.25, 0.3) is 0 Å². The van der Waals surface area contributed by atoms with Crippen LogP contribution < -0.4 is 24.3 Å². The Hall–Kier alpha value is -0.320. The largest absolute Gasteiger partial charge is 1.00 e. The molecule has 0 saturated heterocycles. The van der Waals surface area contributed by atoms with Gasteiger partial charge in [-0.05, 0) is 19.8 Å². The van der Waals surface area contributed by atoms with E-state index >= 15 is 0 Å². The Morgan fingerprint density at radius 1 is 0.846 bits per heavy atom. The normalized spacial score (nSPS) is 14.0. The van der Waals surface area contributed by atoms with Crippen molar-refractivity contribution in [2.24, 2.45) is 11.1 Å². The van der Waals surface area contributed by atoms with E-state index in [1.165, 1.54) is 64.2 Å². The molecule has 0 aliphatic heterocycles. The van der Waals surface area contributed by atoms with Gasteiger partial charge in [0.15, 0.2) is 0 Å². The Kier molecular flexibility index (Phi) is 22.7. The van der Waals surface area contributed by atoms with E-state index in [0.29, 0.717) is 6.42 Å². The highest BCUT2D eigenvalue weighted by Crippen LogP contribution is 2.30. The van der Waals surface area contributed by atoms with Crippen molar-refractivity contribution in [1.82, 2.24) is 6.15 Å². The first-order chi connectivity index (χ1) is 11.5. The Balaban J connectivity index is -0.00000264. The van der Waals surface area contributed by atoms with Crippen LogP contribution in [0.2, 0.25) is 0 Å². The molecule has 0 fully saturated rings. The van der Waals surface area contributed by atoms with Gasteiger partial charge in [-0.15, -0.1) is 0 Å². The second kappa shape index (κ2) is 19.4. The smallest absolute Gasteiger partial charge is 0.310 e. The summed E-state index contributed by atoms with van der Waals surface area (Å²) in [5.74, 6) is -0.730. The molecule has 0 aliphatic rings. The molecule has 0 aromatic carbocycles. The van der Waals surface area contributed by atoms with E-state index in [0.717, 1.165) is 25.7 Å². The maximum atomic E-state index is 11.6. The molecule has 0 spiro atoms. The number of nitrogens with two attached hydrogens (primary N) is 1. The summed E-state index contributed by atoms with van der Waals surface area (Å²) >= 11 is 0. The summed E-state index contributed by atoms with van der Waals surface area (Å²) in [6.45, 7) is 6.15. The third-order valence-electron chi connectivity index (χ3n) is 5.46. The number of unbranched alkanes of at least 4 members (excludes halogenated alkanes) is 11. The fraction of sp³-hybridized carbons (Fsp3) is 0.952. The third-order valence-corrected chi connectivity index (χ3v) is 5.46. The van der Waals surface area contributed by atoms with Gasteiger partial charge in [-0.3, -0.25) is 4.79 Å². The Morgan fingerprint density at radius 2 is 1.23 bits per heavy atom. The average molecular weight is 395 g/mol. The molecular formula is C21H47ClN2O2. The van der Waals surface area contributed by atoms with Gasteiger partial charge < -0.3 is 29.4 Å². The van der Waals surface area contributed by atoms with Crippen molar-refractivity contribution >= 4 is 5.97 Å². The number of hydrogen-bond acceptors (Lipinski definition) is 2. The highest BCUT2D eigenvalue weighted by Gasteiger charge is 2.38. The first-order valence-electron chi connectivity index (χ1n) is 10.5. The monoisotopic (exact) mass is 394 g/mol. The van der Waals surface area contributed by atoms with Crippen molar-refractivity contribution < 1.29 is 22.3 Å². The van der Waals surface area contributed by atoms with Crippen molar-refractivity contribution in [3.63, 3.8) is 0 Å². The lowest BCUT2D eigenvalue weighted by molar-refractivity contribution is -0.149. The Labute approximate surface area is 169 Å². The van der Waals surface area contributed by atoms with Crippen LogP contribution in [0.5, 0.6) is 0 Å². The van der Waals surface area contributed by atoms with Crippen molar-refractivity contribution in [3.05, 3.63) is 0 Å². The van der Waals surface area contributed by atoms with Crippen LogP contribution in [0.15, 0.2) is 0 Å². The van der Waals surface area contributed by atoms with Gasteiger partial charge in [0.1, 0.15) is 0 Å². The summed E-state index contributed by atoms with van der Waals surface area (Å²) in [5, 5.41) is 9.53. The van der Waals surface area contributed by atoms with Crippen LogP contribution >= 0.6 is 0 Å². The molecular weight excluding hydrogens is 348 g/mol. The highest BCUT2D eigenvalue weighted by atomic mass is 35.5. The fourth-order valence-electron chi connectivity index (χ4n) is 3.41. The molecule has 0 saturated carbocycles. The van der Waals surface area contributed by atoms with Crippen LogP contribution in [0.3, 0.4) is 0 Å². The summed E-state index contributed by atoms with van der Waals surface area (Å²) < 4.78 is 0. The van der Waals surface area contributed by atoms with Crippen molar-refractivity contribution in [2.75, 3.05) is 0 Å². The van der Waals surface area contributed by atoms with Gasteiger partial charge in [0, 0.05) is 6.04 Å². The molecule has 4 nitrogen and oxygen atoms in total. The minimum atomic E-state index is -0.755. The SMILES string of the molecule is CCCCCCCCCCCCCCC(C)(C(=O)O)C(N)CCC.[Cl-].[NH4+]. The summed E-state index contributed by atoms with van der Waals surface area (Å²) in [5.41, 5.74) is 5.37. The zero-order valence-electron chi connectivity index (χ0n) is 18.0. The molecule has 26 heavy (non-hydrogen) atoms. The number of carboxylic acid groups (broad SMARTS) is 1. The zero-order valence-corrected chi connectivity index (χ0v) is 18.8. The second-order valence-corrected chi connectivity index (χ2v) is 7.76. The third kappa shape index (κ3) is 13.8. The Bertz CT molecular complexity index is 316. The number of carboxylic acids is 1. The molecule has 0 aromatic heterocycles. The molecule has 0 rings (SSSR count). The molecule has 0 radical (unpaired) electrons. The maximum absolute atomic E-state index is 11.6. The molecule has 2 unspecified atom stereocenters. The zero-order chi connectivity index (χ0) is 18.3. The topological polar surface area (TPSA) is 99.8 Å². The van der Waals surface area contributed by atoms with Gasteiger partial charge in [-0.2, -0.15) is 0 Å². The first-order valence-corrected chi connectivity index (χ1v) is 10.5. The number of hydrogen-bond donors (Lipinski definition) is 3. The van der Waals surface area contributed by atoms with Gasteiger partial charge in [-0.25, -0.2) is 0 Å². The van der Waals surface area contributed by atoms with E-state index in [1.54, 1.807) is 0 Å². The summed E-state index contributed by atoms with van der Waals surface area (Å²) in [6.07, 6.45) is 18.1. The van der Waals surface area contributed by atoms with E-state index in [2.05, 4.69) is 13.8 Å². The maximum Gasteiger partial charge on any atom is 0.310 e. The number of halogens is 1. The van der Waals surface area contributed by atoms with Crippen molar-refractivity contribution in [1.29, 1.82) is 0 Å². The molecule has 2 atom stereocenters. The average Bonchev–Trinajstić information content (AvgIpc) is 2.55. The highest BCUT2D eigenvalue weighted by molar-refractivity contribution is 5.75. The minimum absolute atomic E-state index is 0. The number of quaternary nitrogens is 1. The number of rotatable bonds is 17. The lowest BCUT2D eigenvalue weighted by Gasteiger charge is -2.31. The van der Waals surface area contributed by atoms with E-state index in [4.69, 9.17) is 5.73 Å². The number of aliphatic carboxylic acids is 1. The van der Waals surface area contributed by atoms with E-state index in [1.807, 2.05) is 6.92 Å². The van der Waals surface area contributed by atoms with E-state index < -0.39 is 11.4 Å². The van der Waals surface area contributed by atoms with Crippen LogP contribution in [0, 0.1) is 5.41 Å². The van der Waals surface area contributed by atoms with E-state index in [9.17, 15) is 9.90 Å².